The zero-order chi connectivity index (χ0) is 19.8. The van der Waals surface area contributed by atoms with Crippen LogP contribution in [-0.2, 0) is 9.59 Å². The van der Waals surface area contributed by atoms with Crippen molar-refractivity contribution in [3.05, 3.63) is 27.2 Å². The molecule has 2 amide bonds. The molecular formula is C18H24Cl3N3O3. The van der Waals surface area contributed by atoms with E-state index in [0.29, 0.717) is 60.1 Å². The minimum Gasteiger partial charge on any atom is -0.482 e. The van der Waals surface area contributed by atoms with Crippen molar-refractivity contribution in [2.45, 2.75) is 19.8 Å². The second-order valence-corrected chi connectivity index (χ2v) is 7.57. The standard InChI is InChI=1S/C18H24Cl3N3O3/c1-2-3-4-22-17(25)11-23-5-7-24(8-6-23)18(26)12-27-16-10-14(20)13(19)9-15(16)21/h9-10H,2-8,11-12H2,1H3,(H,22,25). The van der Waals surface area contributed by atoms with E-state index in [9.17, 15) is 9.59 Å². The minimum atomic E-state index is -0.135. The quantitative estimate of drug-likeness (QED) is 0.502. The zero-order valence-electron chi connectivity index (χ0n) is 15.3. The van der Waals surface area contributed by atoms with E-state index in [-0.39, 0.29) is 18.4 Å². The Balaban J connectivity index is 1.73. The molecular weight excluding hydrogens is 413 g/mol. The summed E-state index contributed by atoms with van der Waals surface area (Å²) in [7, 11) is 0. The van der Waals surface area contributed by atoms with Crippen molar-refractivity contribution >= 4 is 46.6 Å². The first-order chi connectivity index (χ1) is 12.9. The number of nitrogens with zero attached hydrogens (tertiary/aromatic N) is 2. The Kier molecular flexibility index (Phi) is 8.96. The molecule has 9 heteroatoms. The fourth-order valence-corrected chi connectivity index (χ4v) is 3.26. The third-order valence-corrected chi connectivity index (χ3v) is 5.29. The number of benzene rings is 1. The van der Waals surface area contributed by atoms with Gasteiger partial charge >= 0.3 is 0 Å². The van der Waals surface area contributed by atoms with E-state index in [1.807, 2.05) is 4.90 Å². The second kappa shape index (κ2) is 11.0. The van der Waals surface area contributed by atoms with Crippen molar-refractivity contribution in [2.75, 3.05) is 45.9 Å². The van der Waals surface area contributed by atoms with Gasteiger partial charge < -0.3 is 15.0 Å². The van der Waals surface area contributed by atoms with Crippen LogP contribution in [0.1, 0.15) is 19.8 Å². The van der Waals surface area contributed by atoms with Crippen LogP contribution in [0.4, 0.5) is 0 Å². The number of halogens is 3. The Bertz CT molecular complexity index is 665. The summed E-state index contributed by atoms with van der Waals surface area (Å²) in [5.41, 5.74) is 0. The van der Waals surface area contributed by atoms with Gasteiger partial charge in [0.05, 0.1) is 21.6 Å². The van der Waals surface area contributed by atoms with Gasteiger partial charge in [-0.15, -0.1) is 0 Å². The monoisotopic (exact) mass is 435 g/mol. The summed E-state index contributed by atoms with van der Waals surface area (Å²) < 4.78 is 5.49. The van der Waals surface area contributed by atoms with Crippen molar-refractivity contribution in [1.29, 1.82) is 0 Å². The highest BCUT2D eigenvalue weighted by Crippen LogP contribution is 2.33. The third-order valence-electron chi connectivity index (χ3n) is 4.27. The van der Waals surface area contributed by atoms with Crippen LogP contribution < -0.4 is 10.1 Å². The van der Waals surface area contributed by atoms with Gasteiger partial charge in [-0.2, -0.15) is 0 Å². The van der Waals surface area contributed by atoms with Gasteiger partial charge in [-0.05, 0) is 12.5 Å². The molecule has 1 saturated heterocycles. The van der Waals surface area contributed by atoms with Crippen LogP contribution >= 0.6 is 34.8 Å². The van der Waals surface area contributed by atoms with E-state index >= 15 is 0 Å². The molecule has 1 fully saturated rings. The van der Waals surface area contributed by atoms with Crippen LogP contribution in [0.25, 0.3) is 0 Å². The zero-order valence-corrected chi connectivity index (χ0v) is 17.5. The molecule has 0 bridgehead atoms. The number of unbranched alkanes of at least 4 members (excludes halogenated alkanes) is 1. The molecule has 0 spiro atoms. The normalized spacial score (nSPS) is 14.9. The van der Waals surface area contributed by atoms with Gasteiger partial charge in [0.2, 0.25) is 5.91 Å². The molecule has 1 aliphatic heterocycles. The highest BCUT2D eigenvalue weighted by atomic mass is 35.5. The van der Waals surface area contributed by atoms with E-state index in [0.717, 1.165) is 12.8 Å². The lowest BCUT2D eigenvalue weighted by Gasteiger charge is -2.34. The largest absolute Gasteiger partial charge is 0.482 e. The van der Waals surface area contributed by atoms with Gasteiger partial charge in [-0.25, -0.2) is 0 Å². The fourth-order valence-electron chi connectivity index (χ4n) is 2.66. The summed E-state index contributed by atoms with van der Waals surface area (Å²) in [5, 5.41) is 3.85. The molecule has 1 aromatic carbocycles. The fraction of sp³-hybridized carbons (Fsp3) is 0.556. The summed E-state index contributed by atoms with van der Waals surface area (Å²) in [5.74, 6) is 0.215. The Morgan fingerprint density at radius 3 is 2.41 bits per heavy atom. The molecule has 1 aromatic rings. The summed E-state index contributed by atoms with van der Waals surface area (Å²) in [4.78, 5) is 28.0. The number of hydrogen-bond donors (Lipinski definition) is 1. The molecule has 0 atom stereocenters. The van der Waals surface area contributed by atoms with Crippen LogP contribution in [0.2, 0.25) is 15.1 Å². The number of piperazine rings is 1. The Labute approximate surface area is 174 Å². The van der Waals surface area contributed by atoms with Crippen LogP contribution in [0.3, 0.4) is 0 Å². The highest BCUT2D eigenvalue weighted by molar-refractivity contribution is 6.43. The van der Waals surface area contributed by atoms with Crippen molar-refractivity contribution in [2.24, 2.45) is 0 Å². The van der Waals surface area contributed by atoms with E-state index in [1.54, 1.807) is 4.90 Å². The molecule has 1 aliphatic rings. The first kappa shape index (κ1) is 22.1. The molecule has 150 valence electrons. The Hall–Kier alpha value is -1.21. The van der Waals surface area contributed by atoms with Crippen LogP contribution in [0, 0.1) is 0 Å². The van der Waals surface area contributed by atoms with Crippen molar-refractivity contribution < 1.29 is 14.3 Å². The predicted octanol–water partition coefficient (Wildman–Crippen LogP) is 3.09. The van der Waals surface area contributed by atoms with Gasteiger partial charge in [0.25, 0.3) is 5.91 Å². The average Bonchev–Trinajstić information content (AvgIpc) is 2.64. The maximum atomic E-state index is 12.3. The van der Waals surface area contributed by atoms with Crippen LogP contribution in [-0.4, -0.2) is 67.5 Å². The van der Waals surface area contributed by atoms with Crippen molar-refractivity contribution in [1.82, 2.24) is 15.1 Å². The SMILES string of the molecule is CCCCNC(=O)CN1CCN(C(=O)COc2cc(Cl)c(Cl)cc2Cl)CC1. The second-order valence-electron chi connectivity index (χ2n) is 6.35. The number of carbonyl (C=O) groups is 2. The lowest BCUT2D eigenvalue weighted by atomic mass is 10.3. The summed E-state index contributed by atoms with van der Waals surface area (Å²) in [6.07, 6.45) is 2.04. The molecule has 0 aromatic heterocycles. The number of rotatable bonds is 8. The van der Waals surface area contributed by atoms with Crippen molar-refractivity contribution in [3.8, 4) is 5.75 Å². The Morgan fingerprint density at radius 1 is 1.07 bits per heavy atom. The molecule has 0 unspecified atom stereocenters. The number of nitrogens with one attached hydrogen (secondary N) is 1. The Morgan fingerprint density at radius 2 is 1.74 bits per heavy atom. The third kappa shape index (κ3) is 7.03. The smallest absolute Gasteiger partial charge is 0.260 e. The number of ether oxygens (including phenoxy) is 1. The van der Waals surface area contributed by atoms with Crippen molar-refractivity contribution in [3.63, 3.8) is 0 Å². The first-order valence-corrected chi connectivity index (χ1v) is 10.1. The average molecular weight is 437 g/mol. The molecule has 1 heterocycles. The topological polar surface area (TPSA) is 61.9 Å². The summed E-state index contributed by atoms with van der Waals surface area (Å²) in [6, 6.07) is 2.98. The minimum absolute atomic E-state index is 0.0285. The molecule has 1 N–H and O–H groups in total. The highest BCUT2D eigenvalue weighted by Gasteiger charge is 2.23. The van der Waals surface area contributed by atoms with E-state index in [4.69, 9.17) is 39.5 Å². The summed E-state index contributed by atoms with van der Waals surface area (Å²) >= 11 is 17.9. The van der Waals surface area contributed by atoms with E-state index in [2.05, 4.69) is 12.2 Å². The van der Waals surface area contributed by atoms with Crippen LogP contribution in [0.5, 0.6) is 5.75 Å². The number of carbonyl (C=O) groups excluding carboxylic acids is 2. The van der Waals surface area contributed by atoms with Gasteiger partial charge in [0.15, 0.2) is 6.61 Å². The van der Waals surface area contributed by atoms with Gasteiger partial charge in [0.1, 0.15) is 5.75 Å². The molecule has 27 heavy (non-hydrogen) atoms. The van der Waals surface area contributed by atoms with Crippen LogP contribution in [0.15, 0.2) is 12.1 Å². The molecule has 2 rings (SSSR count). The maximum Gasteiger partial charge on any atom is 0.260 e. The molecule has 0 aliphatic carbocycles. The lowest BCUT2D eigenvalue weighted by Crippen LogP contribution is -2.52. The predicted molar refractivity (Wildman–Crippen MR) is 108 cm³/mol. The van der Waals surface area contributed by atoms with Gasteiger partial charge in [0, 0.05) is 38.8 Å². The van der Waals surface area contributed by atoms with Gasteiger partial charge in [-0.3, -0.25) is 14.5 Å². The van der Waals surface area contributed by atoms with Gasteiger partial charge in [-0.1, -0.05) is 48.1 Å². The maximum absolute atomic E-state index is 12.3. The number of hydrogen-bond acceptors (Lipinski definition) is 4. The first-order valence-electron chi connectivity index (χ1n) is 8.95. The number of amides is 2. The van der Waals surface area contributed by atoms with E-state index in [1.165, 1.54) is 12.1 Å². The molecule has 0 radical (unpaired) electrons. The van der Waals surface area contributed by atoms with E-state index < -0.39 is 0 Å². The summed E-state index contributed by atoms with van der Waals surface area (Å²) in [6.45, 7) is 5.44. The molecule has 0 saturated carbocycles. The molecule has 6 nitrogen and oxygen atoms in total. The lowest BCUT2D eigenvalue weighted by molar-refractivity contribution is -0.135.